The first-order valence-electron chi connectivity index (χ1n) is 10.5. The zero-order valence-electron chi connectivity index (χ0n) is 18.6. The van der Waals surface area contributed by atoms with E-state index >= 15 is 0 Å². The van der Waals surface area contributed by atoms with E-state index in [4.69, 9.17) is 9.47 Å². The number of fused-ring (bicyclic) bond motifs is 2. The Hall–Kier alpha value is -3.52. The molecule has 0 unspecified atom stereocenters. The van der Waals surface area contributed by atoms with Crippen molar-refractivity contribution in [2.24, 2.45) is 0 Å². The van der Waals surface area contributed by atoms with Crippen LogP contribution in [0.4, 0.5) is 5.69 Å². The number of carbonyl (C=O) groups excluding carboxylic acids is 2. The normalized spacial score (nSPS) is 15.9. The molecule has 1 aliphatic heterocycles. The van der Waals surface area contributed by atoms with Crippen LogP contribution in [0.15, 0.2) is 30.3 Å². The number of rotatable bonds is 5. The quantitative estimate of drug-likeness (QED) is 0.528. The molecule has 1 atom stereocenters. The molecule has 2 aromatic carbocycles. The van der Waals surface area contributed by atoms with E-state index < -0.39 is 5.97 Å². The molecule has 3 aromatic rings. The van der Waals surface area contributed by atoms with Gasteiger partial charge in [-0.2, -0.15) is 0 Å². The summed E-state index contributed by atoms with van der Waals surface area (Å²) in [5.74, 6) is -0.228. The molecule has 0 saturated heterocycles. The topological polar surface area (TPSA) is 104 Å². The molecular formula is C24H27N3O5. The molecule has 0 radical (unpaired) electrons. The number of anilines is 1. The lowest BCUT2D eigenvalue weighted by molar-refractivity contribution is -0.117. The Labute approximate surface area is 186 Å². The van der Waals surface area contributed by atoms with Gasteiger partial charge in [0.15, 0.2) is 11.5 Å². The highest BCUT2D eigenvalue weighted by atomic mass is 16.5. The predicted octanol–water partition coefficient (Wildman–Crippen LogP) is 3.53. The van der Waals surface area contributed by atoms with E-state index in [0.717, 1.165) is 27.6 Å². The Morgan fingerprint density at radius 1 is 1.25 bits per heavy atom. The maximum absolute atomic E-state index is 13.0. The molecule has 32 heavy (non-hydrogen) atoms. The first-order chi connectivity index (χ1) is 15.3. The summed E-state index contributed by atoms with van der Waals surface area (Å²) >= 11 is 0. The minimum atomic E-state index is -0.540. The number of nitrogens with zero attached hydrogens (tertiary/aromatic N) is 1. The molecule has 4 rings (SSSR count). The van der Waals surface area contributed by atoms with Gasteiger partial charge in [-0.25, -0.2) is 4.79 Å². The van der Waals surface area contributed by atoms with Crippen LogP contribution in [0.25, 0.3) is 10.9 Å². The Kier molecular flexibility index (Phi) is 5.80. The summed E-state index contributed by atoms with van der Waals surface area (Å²) < 4.78 is 10.1. The van der Waals surface area contributed by atoms with Crippen molar-refractivity contribution < 1.29 is 24.2 Å². The molecule has 1 aromatic heterocycles. The standard InChI is InChI=1S/C24H27N3O5/c1-13-5-6-18-17(9-13)22(23(25-18)24(30)32-4)26-21(29)12-27-8-7-15-10-19(28)20(31-3)11-16(15)14(27)2/h5-6,9-11,14,25,28H,7-8,12H2,1-4H3,(H,26,29)/t14-/m0/s1. The van der Waals surface area contributed by atoms with Crippen LogP contribution >= 0.6 is 0 Å². The molecule has 2 heterocycles. The summed E-state index contributed by atoms with van der Waals surface area (Å²) in [7, 11) is 2.82. The fourth-order valence-electron chi connectivity index (χ4n) is 4.32. The molecule has 1 amide bonds. The first kappa shape index (κ1) is 21.7. The van der Waals surface area contributed by atoms with E-state index in [1.165, 1.54) is 14.2 Å². The van der Waals surface area contributed by atoms with Crippen molar-refractivity contribution in [3.8, 4) is 11.5 Å². The molecule has 1 aliphatic rings. The second kappa shape index (κ2) is 8.55. The van der Waals surface area contributed by atoms with Gasteiger partial charge in [-0.3, -0.25) is 9.69 Å². The Balaban J connectivity index is 1.58. The number of benzene rings is 2. The molecule has 0 bridgehead atoms. The third kappa shape index (κ3) is 3.89. The Morgan fingerprint density at radius 2 is 2.03 bits per heavy atom. The lowest BCUT2D eigenvalue weighted by Gasteiger charge is -2.35. The monoisotopic (exact) mass is 437 g/mol. The number of aromatic nitrogens is 1. The summed E-state index contributed by atoms with van der Waals surface area (Å²) in [4.78, 5) is 30.4. The lowest BCUT2D eigenvalue weighted by atomic mass is 9.93. The van der Waals surface area contributed by atoms with Crippen LogP contribution < -0.4 is 10.1 Å². The van der Waals surface area contributed by atoms with Crippen LogP contribution in [0.5, 0.6) is 11.5 Å². The highest BCUT2D eigenvalue weighted by molar-refractivity contribution is 6.11. The van der Waals surface area contributed by atoms with Crippen molar-refractivity contribution in [3.63, 3.8) is 0 Å². The summed E-state index contributed by atoms with van der Waals surface area (Å²) in [6.45, 7) is 4.80. The second-order valence-corrected chi connectivity index (χ2v) is 8.08. The Bertz CT molecular complexity index is 1200. The smallest absolute Gasteiger partial charge is 0.356 e. The molecule has 0 fully saturated rings. The maximum Gasteiger partial charge on any atom is 0.356 e. The van der Waals surface area contributed by atoms with Crippen LogP contribution in [0.1, 0.15) is 40.1 Å². The van der Waals surface area contributed by atoms with Gasteiger partial charge in [0.2, 0.25) is 5.91 Å². The van der Waals surface area contributed by atoms with Gasteiger partial charge in [0, 0.05) is 23.5 Å². The highest BCUT2D eigenvalue weighted by Crippen LogP contribution is 2.37. The molecule has 8 nitrogen and oxygen atoms in total. The summed E-state index contributed by atoms with van der Waals surface area (Å²) in [6.07, 6.45) is 0.712. The van der Waals surface area contributed by atoms with Gasteiger partial charge in [0.1, 0.15) is 5.69 Å². The van der Waals surface area contributed by atoms with Crippen molar-refractivity contribution >= 4 is 28.5 Å². The summed E-state index contributed by atoms with van der Waals surface area (Å²) in [6, 6.07) is 9.26. The lowest BCUT2D eigenvalue weighted by Crippen LogP contribution is -2.39. The van der Waals surface area contributed by atoms with Gasteiger partial charge in [-0.05, 0) is 55.7 Å². The average Bonchev–Trinajstić information content (AvgIpc) is 3.12. The molecule has 8 heteroatoms. The van der Waals surface area contributed by atoms with Gasteiger partial charge in [-0.1, -0.05) is 11.6 Å². The third-order valence-electron chi connectivity index (χ3n) is 6.06. The number of phenolic OH excluding ortho intramolecular Hbond substituents is 1. The van der Waals surface area contributed by atoms with E-state index in [2.05, 4.69) is 15.2 Å². The van der Waals surface area contributed by atoms with E-state index in [9.17, 15) is 14.7 Å². The van der Waals surface area contributed by atoms with Crippen LogP contribution in [0.3, 0.4) is 0 Å². The fraction of sp³-hybridized carbons (Fsp3) is 0.333. The number of hydrogen-bond acceptors (Lipinski definition) is 6. The number of amides is 1. The number of aromatic amines is 1. The molecule has 0 saturated carbocycles. The number of esters is 1. The van der Waals surface area contributed by atoms with Crippen LogP contribution in [0.2, 0.25) is 0 Å². The largest absolute Gasteiger partial charge is 0.504 e. The number of H-pyrrole nitrogens is 1. The number of nitrogens with one attached hydrogen (secondary N) is 2. The van der Waals surface area contributed by atoms with Gasteiger partial charge in [-0.15, -0.1) is 0 Å². The average molecular weight is 437 g/mol. The number of hydrogen-bond donors (Lipinski definition) is 3. The highest BCUT2D eigenvalue weighted by Gasteiger charge is 2.28. The van der Waals surface area contributed by atoms with Crippen molar-refractivity contribution in [2.75, 3.05) is 32.6 Å². The molecule has 0 aliphatic carbocycles. The number of methoxy groups -OCH3 is 2. The van der Waals surface area contributed by atoms with Gasteiger partial charge >= 0.3 is 5.97 Å². The van der Waals surface area contributed by atoms with E-state index in [0.29, 0.717) is 24.4 Å². The van der Waals surface area contributed by atoms with Gasteiger partial charge < -0.3 is 24.9 Å². The first-order valence-corrected chi connectivity index (χ1v) is 10.5. The van der Waals surface area contributed by atoms with E-state index in [1.807, 2.05) is 38.1 Å². The van der Waals surface area contributed by atoms with E-state index in [-0.39, 0.29) is 29.9 Å². The van der Waals surface area contributed by atoms with Crippen LogP contribution in [-0.2, 0) is 16.0 Å². The van der Waals surface area contributed by atoms with Gasteiger partial charge in [0.25, 0.3) is 0 Å². The number of aryl methyl sites for hydroxylation is 1. The summed E-state index contributed by atoms with van der Waals surface area (Å²) in [5, 5.41) is 13.7. The summed E-state index contributed by atoms with van der Waals surface area (Å²) in [5.41, 5.74) is 4.49. The number of ether oxygens (including phenoxy) is 2. The SMILES string of the molecule is COC(=O)c1[nH]c2ccc(C)cc2c1NC(=O)CN1CCc2cc(O)c(OC)cc2[C@@H]1C. The molecule has 168 valence electrons. The van der Waals surface area contributed by atoms with Crippen molar-refractivity contribution in [2.45, 2.75) is 26.3 Å². The zero-order valence-corrected chi connectivity index (χ0v) is 18.6. The minimum absolute atomic E-state index is 0.0377. The third-order valence-corrected chi connectivity index (χ3v) is 6.06. The fourth-order valence-corrected chi connectivity index (χ4v) is 4.32. The number of carbonyl (C=O) groups is 2. The van der Waals surface area contributed by atoms with Gasteiger partial charge in [0.05, 0.1) is 26.5 Å². The maximum atomic E-state index is 13.0. The molecule has 0 spiro atoms. The van der Waals surface area contributed by atoms with E-state index in [1.54, 1.807) is 6.07 Å². The number of phenols is 1. The van der Waals surface area contributed by atoms with Crippen LogP contribution in [0, 0.1) is 6.92 Å². The Morgan fingerprint density at radius 3 is 2.75 bits per heavy atom. The number of aromatic hydroxyl groups is 1. The molecule has 3 N–H and O–H groups in total. The zero-order chi connectivity index (χ0) is 23.0. The van der Waals surface area contributed by atoms with Crippen LogP contribution in [-0.4, -0.2) is 54.2 Å². The predicted molar refractivity (Wildman–Crippen MR) is 121 cm³/mol. The van der Waals surface area contributed by atoms with Crippen molar-refractivity contribution in [3.05, 3.63) is 52.7 Å². The second-order valence-electron chi connectivity index (χ2n) is 8.08. The molecular weight excluding hydrogens is 410 g/mol. The minimum Gasteiger partial charge on any atom is -0.504 e. The van der Waals surface area contributed by atoms with Crippen molar-refractivity contribution in [1.29, 1.82) is 0 Å². The van der Waals surface area contributed by atoms with Crippen molar-refractivity contribution in [1.82, 2.24) is 9.88 Å².